The van der Waals surface area contributed by atoms with Crippen molar-refractivity contribution in [1.82, 2.24) is 5.32 Å². The highest BCUT2D eigenvalue weighted by molar-refractivity contribution is 7.89. The van der Waals surface area contributed by atoms with Crippen molar-refractivity contribution >= 4 is 27.5 Å². The van der Waals surface area contributed by atoms with E-state index in [9.17, 15) is 18.0 Å². The first-order valence-corrected chi connectivity index (χ1v) is 10.2. The summed E-state index contributed by atoms with van der Waals surface area (Å²) in [4.78, 5) is 25.9. The summed E-state index contributed by atoms with van der Waals surface area (Å²) in [5.74, 6) is -0.128. The van der Waals surface area contributed by atoms with Gasteiger partial charge in [-0.2, -0.15) is 0 Å². The van der Waals surface area contributed by atoms with Gasteiger partial charge in [-0.1, -0.05) is 12.1 Å². The normalized spacial score (nSPS) is 14.2. The summed E-state index contributed by atoms with van der Waals surface area (Å²) in [5, 5.41) is 7.86. The minimum atomic E-state index is -3.94. The van der Waals surface area contributed by atoms with Crippen LogP contribution >= 0.6 is 0 Å². The monoisotopic (exact) mass is 403 g/mol. The summed E-state index contributed by atoms with van der Waals surface area (Å²) in [6, 6.07) is 11.2. The second-order valence-electron chi connectivity index (χ2n) is 6.41. The summed E-state index contributed by atoms with van der Waals surface area (Å²) in [6.07, 6.45) is 1.42. The molecule has 1 aliphatic rings. The zero-order valence-corrected chi connectivity index (χ0v) is 16.2. The van der Waals surface area contributed by atoms with E-state index in [1.807, 2.05) is 24.3 Å². The maximum absolute atomic E-state index is 12.5. The molecular weight excluding hydrogens is 382 g/mol. The molecule has 0 bridgehead atoms. The molecule has 0 unspecified atom stereocenters. The fourth-order valence-electron chi connectivity index (χ4n) is 3.03. The fourth-order valence-corrected chi connectivity index (χ4v) is 3.57. The third-order valence-electron chi connectivity index (χ3n) is 4.52. The Morgan fingerprint density at radius 1 is 1.21 bits per heavy atom. The number of carbonyl (C=O) groups is 2. The van der Waals surface area contributed by atoms with Crippen LogP contribution < -0.4 is 20.1 Å². The number of carbonyl (C=O) groups excluding carboxylic acids is 2. The highest BCUT2D eigenvalue weighted by atomic mass is 32.2. The Morgan fingerprint density at radius 2 is 1.93 bits per heavy atom. The number of anilines is 1. The van der Waals surface area contributed by atoms with Crippen LogP contribution in [0.25, 0.3) is 0 Å². The Hall–Kier alpha value is -2.91. The molecule has 3 rings (SSSR count). The molecule has 1 fully saturated rings. The molecule has 0 atom stereocenters. The number of sulfonamides is 1. The van der Waals surface area contributed by atoms with E-state index in [4.69, 9.17) is 9.88 Å². The smallest absolute Gasteiger partial charge is 0.255 e. The van der Waals surface area contributed by atoms with Crippen LogP contribution in [-0.4, -0.2) is 33.9 Å². The molecule has 148 valence electrons. The maximum Gasteiger partial charge on any atom is 0.255 e. The van der Waals surface area contributed by atoms with Gasteiger partial charge in [0.25, 0.3) is 5.91 Å². The van der Waals surface area contributed by atoms with Crippen LogP contribution in [0.2, 0.25) is 0 Å². The standard InChI is InChI=1S/C19H21N3O5S/c1-27-17-9-8-15(28(20,25)26)11-16(17)19(24)21-12-13-4-6-14(7-5-13)22-10-2-3-18(22)23/h4-9,11H,2-3,10,12H2,1H3,(H,21,24)(H2,20,25,26). The van der Waals surface area contributed by atoms with Gasteiger partial charge in [0.2, 0.25) is 15.9 Å². The van der Waals surface area contributed by atoms with Crippen LogP contribution in [0.5, 0.6) is 5.75 Å². The second kappa shape index (κ2) is 7.99. The lowest BCUT2D eigenvalue weighted by Gasteiger charge is -2.16. The van der Waals surface area contributed by atoms with Crippen molar-refractivity contribution in [3.63, 3.8) is 0 Å². The number of benzene rings is 2. The summed E-state index contributed by atoms with van der Waals surface area (Å²) < 4.78 is 28.2. The minimum Gasteiger partial charge on any atom is -0.496 e. The van der Waals surface area contributed by atoms with Gasteiger partial charge in [-0.25, -0.2) is 13.6 Å². The minimum absolute atomic E-state index is 0.0771. The number of rotatable bonds is 6. The second-order valence-corrected chi connectivity index (χ2v) is 7.97. The van der Waals surface area contributed by atoms with Crippen molar-refractivity contribution in [2.45, 2.75) is 24.3 Å². The van der Waals surface area contributed by atoms with Crippen molar-refractivity contribution in [3.05, 3.63) is 53.6 Å². The quantitative estimate of drug-likeness (QED) is 0.756. The Morgan fingerprint density at radius 3 is 2.50 bits per heavy atom. The molecule has 2 aromatic carbocycles. The molecule has 0 radical (unpaired) electrons. The Balaban J connectivity index is 1.71. The van der Waals surface area contributed by atoms with E-state index < -0.39 is 15.9 Å². The third-order valence-corrected chi connectivity index (χ3v) is 5.43. The van der Waals surface area contributed by atoms with Crippen LogP contribution in [0.4, 0.5) is 5.69 Å². The summed E-state index contributed by atoms with van der Waals surface area (Å²) in [7, 11) is -2.55. The molecule has 9 heteroatoms. The number of nitrogens with one attached hydrogen (secondary N) is 1. The van der Waals surface area contributed by atoms with Gasteiger partial charge in [0.05, 0.1) is 17.6 Å². The lowest BCUT2D eigenvalue weighted by atomic mass is 10.1. The van der Waals surface area contributed by atoms with Gasteiger partial charge in [0.1, 0.15) is 5.75 Å². The molecule has 8 nitrogen and oxygen atoms in total. The molecule has 1 heterocycles. The number of amides is 2. The van der Waals surface area contributed by atoms with Crippen molar-refractivity contribution in [3.8, 4) is 5.75 Å². The zero-order valence-electron chi connectivity index (χ0n) is 15.3. The lowest BCUT2D eigenvalue weighted by molar-refractivity contribution is -0.117. The molecule has 0 spiro atoms. The molecule has 3 N–H and O–H groups in total. The third kappa shape index (κ3) is 4.32. The predicted octanol–water partition coefficient (Wildman–Crippen LogP) is 1.40. The van der Waals surface area contributed by atoms with Gasteiger partial charge in [-0.15, -0.1) is 0 Å². The molecule has 0 aliphatic carbocycles. The Labute approximate surface area is 163 Å². The van der Waals surface area contributed by atoms with Crippen molar-refractivity contribution in [1.29, 1.82) is 0 Å². The number of ether oxygens (including phenoxy) is 1. The molecule has 0 aromatic heterocycles. The van der Waals surface area contributed by atoms with Gasteiger partial charge in [0, 0.05) is 25.2 Å². The SMILES string of the molecule is COc1ccc(S(N)(=O)=O)cc1C(=O)NCc1ccc(N2CCCC2=O)cc1. The Kier molecular flexibility index (Phi) is 5.66. The largest absolute Gasteiger partial charge is 0.496 e. The number of nitrogens with two attached hydrogens (primary N) is 1. The van der Waals surface area contributed by atoms with E-state index in [2.05, 4.69) is 5.32 Å². The Bertz CT molecular complexity index is 1000. The molecule has 2 amide bonds. The zero-order chi connectivity index (χ0) is 20.3. The molecule has 28 heavy (non-hydrogen) atoms. The highest BCUT2D eigenvalue weighted by Crippen LogP contribution is 2.23. The summed E-state index contributed by atoms with van der Waals surface area (Å²) in [6.45, 7) is 0.949. The van der Waals surface area contributed by atoms with E-state index in [0.29, 0.717) is 6.42 Å². The number of nitrogens with zero attached hydrogens (tertiary/aromatic N) is 1. The molecule has 1 aliphatic heterocycles. The molecule has 2 aromatic rings. The fraction of sp³-hybridized carbons (Fsp3) is 0.263. The predicted molar refractivity (Wildman–Crippen MR) is 104 cm³/mol. The topological polar surface area (TPSA) is 119 Å². The average molecular weight is 403 g/mol. The number of primary sulfonamides is 1. The maximum atomic E-state index is 12.5. The van der Waals surface area contributed by atoms with E-state index in [-0.39, 0.29) is 28.7 Å². The summed E-state index contributed by atoms with van der Waals surface area (Å²) >= 11 is 0. The van der Waals surface area contributed by atoms with Gasteiger partial charge in [-0.3, -0.25) is 9.59 Å². The number of hydrogen-bond donors (Lipinski definition) is 2. The highest BCUT2D eigenvalue weighted by Gasteiger charge is 2.21. The first-order valence-electron chi connectivity index (χ1n) is 8.68. The molecular formula is C19H21N3O5S. The number of hydrogen-bond acceptors (Lipinski definition) is 5. The molecule has 0 saturated carbocycles. The molecule has 1 saturated heterocycles. The van der Waals surface area contributed by atoms with Gasteiger partial charge in [0.15, 0.2) is 0 Å². The van der Waals surface area contributed by atoms with Crippen LogP contribution in [-0.2, 0) is 21.4 Å². The van der Waals surface area contributed by atoms with Crippen molar-refractivity contribution in [2.75, 3.05) is 18.6 Å². The van der Waals surface area contributed by atoms with Crippen molar-refractivity contribution in [2.24, 2.45) is 5.14 Å². The van der Waals surface area contributed by atoms with Crippen LogP contribution in [0.3, 0.4) is 0 Å². The average Bonchev–Trinajstić information content (AvgIpc) is 3.11. The van der Waals surface area contributed by atoms with E-state index in [0.717, 1.165) is 24.2 Å². The van der Waals surface area contributed by atoms with Gasteiger partial charge >= 0.3 is 0 Å². The van der Waals surface area contributed by atoms with Crippen LogP contribution in [0.1, 0.15) is 28.8 Å². The van der Waals surface area contributed by atoms with Crippen molar-refractivity contribution < 1.29 is 22.7 Å². The van der Waals surface area contributed by atoms with Crippen LogP contribution in [0.15, 0.2) is 47.4 Å². The van der Waals surface area contributed by atoms with Gasteiger partial charge < -0.3 is 15.0 Å². The first kappa shape index (κ1) is 19.8. The van der Waals surface area contributed by atoms with E-state index in [1.165, 1.54) is 25.3 Å². The summed E-state index contributed by atoms with van der Waals surface area (Å²) in [5.41, 5.74) is 1.75. The lowest BCUT2D eigenvalue weighted by Crippen LogP contribution is -2.25. The van der Waals surface area contributed by atoms with Crippen LogP contribution in [0, 0.1) is 0 Å². The first-order chi connectivity index (χ1) is 13.3. The van der Waals surface area contributed by atoms with E-state index in [1.54, 1.807) is 4.90 Å². The van der Waals surface area contributed by atoms with E-state index >= 15 is 0 Å². The number of methoxy groups -OCH3 is 1. The van der Waals surface area contributed by atoms with Gasteiger partial charge in [-0.05, 0) is 42.3 Å².